The van der Waals surface area contributed by atoms with E-state index in [1.807, 2.05) is 0 Å². The maximum atomic E-state index is 4.59. The predicted molar refractivity (Wildman–Crippen MR) is 45.2 cm³/mol. The van der Waals surface area contributed by atoms with Gasteiger partial charge < -0.3 is 0 Å². The predicted octanol–water partition coefficient (Wildman–Crippen LogP) is 0.840. The second-order valence-electron chi connectivity index (χ2n) is 0.510. The quantitative estimate of drug-likeness (QED) is 0.389. The Morgan fingerprint density at radius 3 is 1.86 bits per heavy atom. The molecule has 0 bridgehead atoms. The van der Waals surface area contributed by atoms with Gasteiger partial charge in [-0.25, -0.2) is 0 Å². The minimum atomic E-state index is 0.360. The Morgan fingerprint density at radius 2 is 1.57 bits per heavy atom. The highest BCUT2D eigenvalue weighted by Crippen LogP contribution is 1.97. The van der Waals surface area contributed by atoms with Gasteiger partial charge in [0.15, 0.2) is 23.6 Å². The molecule has 0 spiro atoms. The fourth-order valence-electron chi connectivity index (χ4n) is 0.0672. The van der Waals surface area contributed by atoms with Crippen molar-refractivity contribution in [1.82, 2.24) is 8.99 Å². The van der Waals surface area contributed by atoms with Gasteiger partial charge in [0.2, 0.25) is 0 Å². The molecule has 7 heteroatoms. The SMILES string of the molecule is S=[PH+]NSN[PH+]=S. The van der Waals surface area contributed by atoms with Gasteiger partial charge in [0.25, 0.3) is 15.0 Å². The smallest absolute Gasteiger partial charge is 0.0591 e. The largest absolute Gasteiger partial charge is 0.261 e. The number of hydrogen-bond acceptors (Lipinski definition) is 3. The lowest BCUT2D eigenvalue weighted by molar-refractivity contribution is 1.64. The first-order valence-corrected chi connectivity index (χ1v) is 6.40. The van der Waals surface area contributed by atoms with Crippen molar-refractivity contribution in [2.75, 3.05) is 0 Å². The maximum Gasteiger partial charge on any atom is 0.261 e. The van der Waals surface area contributed by atoms with Gasteiger partial charge in [-0.2, -0.15) is 0 Å². The maximum absolute atomic E-state index is 4.59. The molecule has 0 saturated carbocycles. The van der Waals surface area contributed by atoms with Crippen molar-refractivity contribution in [3.8, 4) is 0 Å². The van der Waals surface area contributed by atoms with Crippen LogP contribution >= 0.6 is 27.1 Å². The molecule has 0 amide bonds. The first kappa shape index (κ1) is 8.31. The summed E-state index contributed by atoms with van der Waals surface area (Å²) in [5, 5.41) is 0. The van der Waals surface area contributed by atoms with Crippen LogP contribution in [0.3, 0.4) is 0 Å². The fraction of sp³-hybridized carbons (Fsp3) is 0. The van der Waals surface area contributed by atoms with Crippen molar-refractivity contribution in [2.24, 2.45) is 0 Å². The average molecular weight is 190 g/mol. The summed E-state index contributed by atoms with van der Waals surface area (Å²) in [5.41, 5.74) is 0. The topological polar surface area (TPSA) is 24.1 Å². The molecule has 0 fully saturated rings. The molecule has 0 saturated heterocycles. The molecule has 2 unspecified atom stereocenters. The van der Waals surface area contributed by atoms with E-state index >= 15 is 0 Å². The third-order valence-corrected chi connectivity index (χ3v) is 3.17. The standard InChI is InChI=1S/H2N2P2S3/c5-3-1-7-2-4-6/h(H,1,5)(H,2,6)/p+2. The number of nitrogens with one attached hydrogen (secondary N) is 2. The summed E-state index contributed by atoms with van der Waals surface area (Å²) in [5.74, 6) is 0. The molecule has 0 rings (SSSR count). The van der Waals surface area contributed by atoms with Crippen molar-refractivity contribution in [3.05, 3.63) is 0 Å². The van der Waals surface area contributed by atoms with E-state index in [9.17, 15) is 0 Å². The third kappa shape index (κ3) is 7.31. The first-order chi connectivity index (χ1) is 3.41. The molecule has 40 valence electrons. The molecule has 0 aromatic carbocycles. The molecule has 2 atom stereocenters. The lowest BCUT2D eigenvalue weighted by Crippen LogP contribution is -1.90. The lowest BCUT2D eigenvalue weighted by atomic mass is 13.8. The Hall–Kier alpha value is 1.31. The van der Waals surface area contributed by atoms with Gasteiger partial charge in [-0.3, -0.25) is 0 Å². The summed E-state index contributed by atoms with van der Waals surface area (Å²) < 4.78 is 5.68. The van der Waals surface area contributed by atoms with Gasteiger partial charge in [0.05, 0.1) is 12.1 Å². The Labute approximate surface area is 59.9 Å². The number of rotatable bonds is 4. The molecule has 0 heterocycles. The Morgan fingerprint density at radius 1 is 1.14 bits per heavy atom. The van der Waals surface area contributed by atoms with E-state index < -0.39 is 0 Å². The fourth-order valence-corrected chi connectivity index (χ4v) is 1.81. The van der Waals surface area contributed by atoms with E-state index in [4.69, 9.17) is 0 Å². The van der Waals surface area contributed by atoms with Crippen molar-refractivity contribution < 1.29 is 0 Å². The first-order valence-electron chi connectivity index (χ1n) is 1.32. The Kier molecular flexibility index (Phi) is 8.68. The highest BCUT2D eigenvalue weighted by atomic mass is 32.4. The minimum Gasteiger partial charge on any atom is -0.0591 e. The van der Waals surface area contributed by atoms with Crippen molar-refractivity contribution in [2.45, 2.75) is 0 Å². The monoisotopic (exact) mass is 190 g/mol. The van der Waals surface area contributed by atoms with Crippen LogP contribution in [-0.4, -0.2) is 0 Å². The molecule has 0 aromatic heterocycles. The minimum absolute atomic E-state index is 0.360. The van der Waals surface area contributed by atoms with Crippen LogP contribution in [-0.2, 0) is 23.6 Å². The van der Waals surface area contributed by atoms with E-state index in [2.05, 4.69) is 32.6 Å². The summed E-state index contributed by atoms with van der Waals surface area (Å²) in [6.07, 6.45) is 0. The van der Waals surface area contributed by atoms with Crippen LogP contribution in [0.4, 0.5) is 0 Å². The van der Waals surface area contributed by atoms with Crippen LogP contribution in [0.25, 0.3) is 0 Å². The van der Waals surface area contributed by atoms with Gasteiger partial charge in [-0.1, -0.05) is 8.99 Å². The van der Waals surface area contributed by atoms with E-state index in [-0.39, 0.29) is 0 Å². The Bertz CT molecular complexity index is 56.0. The van der Waals surface area contributed by atoms with Crippen LogP contribution in [0.2, 0.25) is 0 Å². The summed E-state index contributed by atoms with van der Waals surface area (Å²) in [6.45, 7) is 0. The summed E-state index contributed by atoms with van der Waals surface area (Å²) in [6, 6.07) is 0. The zero-order valence-corrected chi connectivity index (χ0v) is 7.67. The number of hydrogen-bond donors (Lipinski definition) is 2. The van der Waals surface area contributed by atoms with Crippen molar-refractivity contribution in [1.29, 1.82) is 0 Å². The molecule has 0 aliphatic heterocycles. The van der Waals surface area contributed by atoms with E-state index in [0.717, 1.165) is 0 Å². The van der Waals surface area contributed by atoms with Gasteiger partial charge in [0, 0.05) is 0 Å². The van der Waals surface area contributed by atoms with E-state index in [1.54, 1.807) is 0 Å². The van der Waals surface area contributed by atoms with Crippen LogP contribution in [0, 0.1) is 0 Å². The van der Waals surface area contributed by atoms with Gasteiger partial charge in [-0.15, -0.1) is 0 Å². The highest BCUT2D eigenvalue weighted by Gasteiger charge is 1.86. The van der Waals surface area contributed by atoms with Gasteiger partial charge >= 0.3 is 0 Å². The molecule has 0 aliphatic rings. The van der Waals surface area contributed by atoms with Crippen molar-refractivity contribution >= 4 is 50.8 Å². The van der Waals surface area contributed by atoms with Gasteiger partial charge in [0.1, 0.15) is 0 Å². The lowest BCUT2D eigenvalue weighted by Gasteiger charge is -1.73. The molecule has 2 N–H and O–H groups in total. The Balaban J connectivity index is 2.68. The molecule has 7 heavy (non-hydrogen) atoms. The molecule has 0 aliphatic carbocycles. The second kappa shape index (κ2) is 7.31. The van der Waals surface area contributed by atoms with Crippen LogP contribution in [0.5, 0.6) is 0 Å². The molecular formula is H4N2P2S3+2. The van der Waals surface area contributed by atoms with Gasteiger partial charge in [-0.05, 0) is 0 Å². The molecule has 0 aromatic rings. The van der Waals surface area contributed by atoms with Crippen LogP contribution in [0.15, 0.2) is 0 Å². The summed E-state index contributed by atoms with van der Waals surface area (Å²) in [7, 11) is 0.719. The average Bonchev–Trinajstić information content (AvgIpc) is 1.69. The summed E-state index contributed by atoms with van der Waals surface area (Å²) in [4.78, 5) is 0. The van der Waals surface area contributed by atoms with E-state index in [0.29, 0.717) is 15.0 Å². The van der Waals surface area contributed by atoms with Crippen LogP contribution in [0.1, 0.15) is 0 Å². The van der Waals surface area contributed by atoms with Crippen LogP contribution < -0.4 is 8.99 Å². The second-order valence-corrected chi connectivity index (χ2v) is 3.98. The molecule has 0 radical (unpaired) electrons. The molecular weight excluding hydrogens is 186 g/mol. The summed E-state index contributed by atoms with van der Waals surface area (Å²) >= 11 is 10.6. The normalized spacial score (nSPS) is 10.3. The zero-order chi connectivity index (χ0) is 5.54. The zero-order valence-electron chi connectivity index (χ0n) is 3.22. The highest BCUT2D eigenvalue weighted by molar-refractivity contribution is 8.10. The molecule has 2 nitrogen and oxygen atoms in total. The third-order valence-electron chi connectivity index (χ3n) is 0.185. The van der Waals surface area contributed by atoms with E-state index in [1.165, 1.54) is 12.1 Å². The van der Waals surface area contributed by atoms with Crippen molar-refractivity contribution in [3.63, 3.8) is 0 Å².